The Morgan fingerprint density at radius 1 is 1.21 bits per heavy atom. The molecule has 0 atom stereocenters. The summed E-state index contributed by atoms with van der Waals surface area (Å²) in [5.41, 5.74) is 4.19. The van der Waals surface area contributed by atoms with Crippen LogP contribution in [0.15, 0.2) is 36.7 Å². The van der Waals surface area contributed by atoms with Crippen molar-refractivity contribution in [2.45, 2.75) is 40.0 Å². The maximum absolute atomic E-state index is 12.3. The highest BCUT2D eigenvalue weighted by atomic mass is 16.1. The first-order valence-electron chi connectivity index (χ1n) is 9.82. The van der Waals surface area contributed by atoms with Crippen molar-refractivity contribution in [3.8, 4) is 0 Å². The molecule has 1 amide bonds. The van der Waals surface area contributed by atoms with Crippen molar-refractivity contribution in [3.63, 3.8) is 0 Å². The summed E-state index contributed by atoms with van der Waals surface area (Å²) >= 11 is 0. The second-order valence-corrected chi connectivity index (χ2v) is 6.85. The number of anilines is 1. The van der Waals surface area contributed by atoms with E-state index in [1.807, 2.05) is 19.9 Å². The van der Waals surface area contributed by atoms with Gasteiger partial charge in [-0.2, -0.15) is 10.1 Å². The van der Waals surface area contributed by atoms with E-state index in [0.717, 1.165) is 36.5 Å². The maximum atomic E-state index is 12.3. The molecule has 2 heterocycles. The van der Waals surface area contributed by atoms with Crippen LogP contribution in [0.3, 0.4) is 0 Å². The van der Waals surface area contributed by atoms with Crippen molar-refractivity contribution < 1.29 is 4.79 Å². The van der Waals surface area contributed by atoms with Gasteiger partial charge < -0.3 is 10.2 Å². The van der Waals surface area contributed by atoms with Crippen LogP contribution in [0.2, 0.25) is 0 Å². The fraction of sp³-hybridized carbons (Fsp3) is 0.429. The molecule has 7 nitrogen and oxygen atoms in total. The summed E-state index contributed by atoms with van der Waals surface area (Å²) in [6.45, 7) is 8.65. The second-order valence-electron chi connectivity index (χ2n) is 6.85. The molecule has 0 fully saturated rings. The number of carbonyl (C=O) groups excluding carboxylic acids is 1. The lowest BCUT2D eigenvalue weighted by Crippen LogP contribution is -2.30. The molecule has 7 heteroatoms. The van der Waals surface area contributed by atoms with E-state index >= 15 is 0 Å². The Kier molecular flexibility index (Phi) is 6.57. The number of hydrogen-bond acceptors (Lipinski definition) is 5. The SMILES string of the molecule is CCN(CCCNC(=O)CCc1c(C)nc2ncnn2c1C)c1ccccc1. The van der Waals surface area contributed by atoms with Gasteiger partial charge in [-0.1, -0.05) is 18.2 Å². The summed E-state index contributed by atoms with van der Waals surface area (Å²) in [4.78, 5) is 23.2. The van der Waals surface area contributed by atoms with Crippen LogP contribution in [0, 0.1) is 13.8 Å². The van der Waals surface area contributed by atoms with Crippen molar-refractivity contribution in [3.05, 3.63) is 53.6 Å². The third-order valence-corrected chi connectivity index (χ3v) is 5.02. The number of carbonyl (C=O) groups is 1. The predicted molar refractivity (Wildman–Crippen MR) is 111 cm³/mol. The molecular weight excluding hydrogens is 352 g/mol. The van der Waals surface area contributed by atoms with E-state index in [-0.39, 0.29) is 5.91 Å². The molecule has 148 valence electrons. The molecule has 1 N–H and O–H groups in total. The number of rotatable bonds is 9. The van der Waals surface area contributed by atoms with Gasteiger partial charge in [0.15, 0.2) is 0 Å². The van der Waals surface area contributed by atoms with Gasteiger partial charge in [-0.15, -0.1) is 0 Å². The highest BCUT2D eigenvalue weighted by Gasteiger charge is 2.12. The molecule has 0 bridgehead atoms. The Morgan fingerprint density at radius 2 is 2.00 bits per heavy atom. The van der Waals surface area contributed by atoms with Crippen LogP contribution in [0.1, 0.15) is 36.7 Å². The van der Waals surface area contributed by atoms with E-state index in [4.69, 9.17) is 0 Å². The van der Waals surface area contributed by atoms with Crippen LogP contribution in [-0.2, 0) is 11.2 Å². The van der Waals surface area contributed by atoms with Crippen molar-refractivity contribution in [1.29, 1.82) is 0 Å². The molecule has 0 radical (unpaired) electrons. The summed E-state index contributed by atoms with van der Waals surface area (Å²) in [5.74, 6) is 0.669. The van der Waals surface area contributed by atoms with E-state index in [2.05, 4.69) is 56.5 Å². The third-order valence-electron chi connectivity index (χ3n) is 5.02. The molecule has 28 heavy (non-hydrogen) atoms. The summed E-state index contributed by atoms with van der Waals surface area (Å²) in [5, 5.41) is 7.23. The first kappa shape index (κ1) is 19.8. The minimum atomic E-state index is 0.0697. The van der Waals surface area contributed by atoms with E-state index in [9.17, 15) is 4.79 Å². The summed E-state index contributed by atoms with van der Waals surface area (Å²) < 4.78 is 1.73. The Hall–Kier alpha value is -2.96. The molecular formula is C21H28N6O. The minimum absolute atomic E-state index is 0.0697. The minimum Gasteiger partial charge on any atom is -0.372 e. The van der Waals surface area contributed by atoms with Crippen LogP contribution >= 0.6 is 0 Å². The van der Waals surface area contributed by atoms with Crippen LogP contribution in [0.5, 0.6) is 0 Å². The van der Waals surface area contributed by atoms with E-state index in [1.165, 1.54) is 12.0 Å². The van der Waals surface area contributed by atoms with Crippen LogP contribution in [-0.4, -0.2) is 45.1 Å². The van der Waals surface area contributed by atoms with Gasteiger partial charge in [0.05, 0.1) is 0 Å². The van der Waals surface area contributed by atoms with Gasteiger partial charge in [0, 0.05) is 43.1 Å². The Labute approximate surface area is 165 Å². The summed E-state index contributed by atoms with van der Waals surface area (Å²) in [6, 6.07) is 10.4. The lowest BCUT2D eigenvalue weighted by molar-refractivity contribution is -0.121. The zero-order valence-corrected chi connectivity index (χ0v) is 16.9. The molecule has 2 aromatic heterocycles. The van der Waals surface area contributed by atoms with Crippen molar-refractivity contribution in [1.82, 2.24) is 24.9 Å². The monoisotopic (exact) mass is 380 g/mol. The molecule has 0 unspecified atom stereocenters. The van der Waals surface area contributed by atoms with Gasteiger partial charge in [0.25, 0.3) is 5.78 Å². The smallest absolute Gasteiger partial charge is 0.252 e. The number of aromatic nitrogens is 4. The average molecular weight is 380 g/mol. The quantitative estimate of drug-likeness (QED) is 0.578. The Morgan fingerprint density at radius 3 is 2.75 bits per heavy atom. The maximum Gasteiger partial charge on any atom is 0.252 e. The molecule has 0 saturated carbocycles. The zero-order chi connectivity index (χ0) is 19.9. The normalized spacial score (nSPS) is 11.0. The topological polar surface area (TPSA) is 75.4 Å². The van der Waals surface area contributed by atoms with E-state index in [0.29, 0.717) is 25.2 Å². The Balaban J connectivity index is 1.45. The number of nitrogens with one attached hydrogen (secondary N) is 1. The molecule has 1 aromatic carbocycles. The molecule has 3 aromatic rings. The zero-order valence-electron chi connectivity index (χ0n) is 16.9. The van der Waals surface area contributed by atoms with Gasteiger partial charge in [-0.3, -0.25) is 4.79 Å². The van der Waals surface area contributed by atoms with Gasteiger partial charge >= 0.3 is 0 Å². The van der Waals surface area contributed by atoms with Crippen LogP contribution < -0.4 is 10.2 Å². The Bertz CT molecular complexity index is 921. The first-order valence-corrected chi connectivity index (χ1v) is 9.82. The highest BCUT2D eigenvalue weighted by molar-refractivity contribution is 5.76. The van der Waals surface area contributed by atoms with Gasteiger partial charge in [0.2, 0.25) is 5.91 Å². The van der Waals surface area contributed by atoms with Crippen molar-refractivity contribution in [2.24, 2.45) is 0 Å². The fourth-order valence-corrected chi connectivity index (χ4v) is 3.45. The predicted octanol–water partition coefficient (Wildman–Crippen LogP) is 2.71. The highest BCUT2D eigenvalue weighted by Crippen LogP contribution is 2.15. The molecule has 0 aliphatic carbocycles. The van der Waals surface area contributed by atoms with Gasteiger partial charge in [-0.05, 0) is 51.3 Å². The van der Waals surface area contributed by atoms with Crippen molar-refractivity contribution in [2.75, 3.05) is 24.5 Å². The number of para-hydroxylation sites is 1. The van der Waals surface area contributed by atoms with Crippen molar-refractivity contribution >= 4 is 17.4 Å². The lowest BCUT2D eigenvalue weighted by Gasteiger charge is -2.23. The number of hydrogen-bond donors (Lipinski definition) is 1. The summed E-state index contributed by atoms with van der Waals surface area (Å²) in [7, 11) is 0. The third kappa shape index (κ3) is 4.65. The van der Waals surface area contributed by atoms with Gasteiger partial charge in [-0.25, -0.2) is 9.50 Å². The van der Waals surface area contributed by atoms with E-state index < -0.39 is 0 Å². The van der Waals surface area contributed by atoms with Crippen LogP contribution in [0.25, 0.3) is 5.78 Å². The number of amides is 1. The fourth-order valence-electron chi connectivity index (χ4n) is 3.45. The standard InChI is InChI=1S/C21H28N6O/c1-4-26(18-9-6-5-7-10-18)14-8-13-22-20(28)12-11-19-16(2)25-21-23-15-24-27(21)17(19)3/h5-7,9-10,15H,4,8,11-14H2,1-3H3,(H,22,28). The number of benzene rings is 1. The number of aryl methyl sites for hydroxylation is 2. The lowest BCUT2D eigenvalue weighted by atomic mass is 10.1. The largest absolute Gasteiger partial charge is 0.372 e. The molecule has 0 saturated heterocycles. The number of nitrogens with zero attached hydrogens (tertiary/aromatic N) is 5. The first-order chi connectivity index (χ1) is 13.6. The number of fused-ring (bicyclic) bond motifs is 1. The molecule has 0 spiro atoms. The molecule has 0 aliphatic rings. The van der Waals surface area contributed by atoms with E-state index in [1.54, 1.807) is 4.52 Å². The average Bonchev–Trinajstić information content (AvgIpc) is 3.17. The van der Waals surface area contributed by atoms with Crippen LogP contribution in [0.4, 0.5) is 5.69 Å². The summed E-state index contributed by atoms with van der Waals surface area (Å²) in [6.07, 6.45) is 3.51. The second kappa shape index (κ2) is 9.30. The molecule has 3 rings (SSSR count). The van der Waals surface area contributed by atoms with Gasteiger partial charge in [0.1, 0.15) is 6.33 Å². The molecule has 0 aliphatic heterocycles.